The lowest BCUT2D eigenvalue weighted by molar-refractivity contribution is -0.223. The summed E-state index contributed by atoms with van der Waals surface area (Å²) in [5.74, 6) is 0.327. The first-order chi connectivity index (χ1) is 37.6. The van der Waals surface area contributed by atoms with E-state index in [1.165, 1.54) is 0 Å². The van der Waals surface area contributed by atoms with Gasteiger partial charge in [0.15, 0.2) is 45.8 Å². The number of rotatable bonds is 14. The van der Waals surface area contributed by atoms with Gasteiger partial charge < -0.3 is 28.4 Å². The van der Waals surface area contributed by atoms with Crippen molar-refractivity contribution in [2.75, 3.05) is 0 Å². The molecule has 1 saturated carbocycles. The van der Waals surface area contributed by atoms with Crippen LogP contribution in [0, 0.1) is 11.8 Å². The molecule has 2 unspecified atom stereocenters. The molecule has 4 aromatic carbocycles. The van der Waals surface area contributed by atoms with Crippen molar-refractivity contribution < 1.29 is 38.0 Å². The number of amides is 2. The molecule has 13 rings (SSSR count). The summed E-state index contributed by atoms with van der Waals surface area (Å²) < 4.78 is 45.2. The zero-order valence-corrected chi connectivity index (χ0v) is 43.4. The Kier molecular flexibility index (Phi) is 13.2. The fourth-order valence-corrected chi connectivity index (χ4v) is 11.9. The first kappa shape index (κ1) is 50.1. The van der Waals surface area contributed by atoms with E-state index in [1.54, 1.807) is 58.7 Å². The minimum Gasteiger partial charge on any atom is -0.487 e. The Morgan fingerprint density at radius 1 is 0.597 bits per heavy atom. The van der Waals surface area contributed by atoms with Crippen LogP contribution in [0.2, 0.25) is 0 Å². The predicted molar refractivity (Wildman–Crippen MR) is 282 cm³/mol. The zero-order valence-electron chi connectivity index (χ0n) is 43.4. The highest BCUT2D eigenvalue weighted by molar-refractivity contribution is 5.96. The first-order valence-corrected chi connectivity index (χ1v) is 26.3. The van der Waals surface area contributed by atoms with Crippen LogP contribution < -0.4 is 11.0 Å². The molecule has 394 valence electrons. The lowest BCUT2D eigenvalue weighted by atomic mass is 9.82. The maximum Gasteiger partial charge on any atom is 0.279 e. The highest BCUT2D eigenvalue weighted by Crippen LogP contribution is 2.67. The molecule has 77 heavy (non-hydrogen) atoms. The Morgan fingerprint density at radius 3 is 1.51 bits per heavy atom. The zero-order chi connectivity index (χ0) is 52.9. The standard InChI is InChI=1S/C30H31N5O4.C29H29N5O4/c1-3-30-20(2)24(38-29(30)14-15-29)28(39-30)35-18-31-23-25(35)32-17-34(19-37-16-21-10-6-4-7-11-21)26(23)33-27(36)22-12-8-5-9-13-22;1-4-29-19(2)24(37-20(29)3)28(38-29)34-17-30-23-25(34)31-16-33(18-36-15-21-11-7-5-8-12-21)26(23)32-27(35)22-13-9-6-10-14-22/h4-13,17-18,20,24,28H,3,14-16,19H2,1-2H3;5-14,16-17,19,24,28H,3-4,15,18H2,1-2H3/t20?,24-,28+,30+;19?,24-,28+,29+/m00/s1. The Morgan fingerprint density at radius 2 is 1.06 bits per heavy atom. The van der Waals surface area contributed by atoms with Gasteiger partial charge in [0, 0.05) is 23.0 Å². The number of nitrogens with zero attached hydrogens (tertiary/aromatic N) is 10. The molecule has 18 nitrogen and oxygen atoms in total. The van der Waals surface area contributed by atoms with Crippen LogP contribution in [0.15, 0.2) is 169 Å². The van der Waals surface area contributed by atoms with Crippen LogP contribution >= 0.6 is 0 Å². The molecule has 0 N–H and O–H groups in total. The van der Waals surface area contributed by atoms with E-state index >= 15 is 0 Å². The van der Waals surface area contributed by atoms with Crippen LogP contribution in [-0.4, -0.2) is 79.0 Å². The van der Waals surface area contributed by atoms with Gasteiger partial charge >= 0.3 is 0 Å². The van der Waals surface area contributed by atoms with Gasteiger partial charge in [0.25, 0.3) is 11.8 Å². The summed E-state index contributed by atoms with van der Waals surface area (Å²) >= 11 is 0. The van der Waals surface area contributed by atoms with Crippen molar-refractivity contribution in [1.82, 2.24) is 38.2 Å². The molecule has 8 atom stereocenters. The minimum absolute atomic E-state index is 0.0838. The first-order valence-electron chi connectivity index (χ1n) is 26.3. The molecule has 5 fully saturated rings. The Balaban J connectivity index is 0.000000155. The molecule has 4 aromatic heterocycles. The Labute approximate surface area is 444 Å². The van der Waals surface area contributed by atoms with Gasteiger partial charge in [-0.2, -0.15) is 9.98 Å². The number of aromatic nitrogens is 8. The maximum atomic E-state index is 13.2. The summed E-state index contributed by atoms with van der Waals surface area (Å²) in [5.41, 5.74) is 4.98. The molecule has 4 aliphatic heterocycles. The van der Waals surface area contributed by atoms with Gasteiger partial charge in [0.1, 0.15) is 55.3 Å². The average molecular weight is 1040 g/mol. The van der Waals surface area contributed by atoms with E-state index in [9.17, 15) is 9.59 Å². The molecule has 0 radical (unpaired) electrons. The smallest absolute Gasteiger partial charge is 0.279 e. The van der Waals surface area contributed by atoms with E-state index in [0.29, 0.717) is 63.4 Å². The van der Waals surface area contributed by atoms with Crippen molar-refractivity contribution in [3.05, 3.63) is 192 Å². The van der Waals surface area contributed by atoms with Crippen LogP contribution in [0.5, 0.6) is 0 Å². The second-order valence-corrected chi connectivity index (χ2v) is 20.4. The van der Waals surface area contributed by atoms with Crippen molar-refractivity contribution in [3.8, 4) is 0 Å². The van der Waals surface area contributed by atoms with Gasteiger partial charge in [-0.25, -0.2) is 19.9 Å². The monoisotopic (exact) mass is 1040 g/mol. The summed E-state index contributed by atoms with van der Waals surface area (Å²) in [4.78, 5) is 54.0. The molecule has 1 spiro atoms. The molecule has 5 aliphatic rings. The topological polar surface area (TPSA) is 186 Å². The third-order valence-electron chi connectivity index (χ3n) is 16.1. The second-order valence-electron chi connectivity index (χ2n) is 20.4. The molecular formula is C59H60N10O8. The number of hydrogen-bond acceptors (Lipinski definition) is 12. The molecule has 8 heterocycles. The fraction of sp³-hybridized carbons (Fsp3) is 0.356. The third kappa shape index (κ3) is 8.73. The van der Waals surface area contributed by atoms with E-state index in [4.69, 9.17) is 33.4 Å². The number of benzene rings is 4. The summed E-state index contributed by atoms with van der Waals surface area (Å²) in [6.07, 6.45) is 9.35. The summed E-state index contributed by atoms with van der Waals surface area (Å²) in [7, 11) is 0. The van der Waals surface area contributed by atoms with Gasteiger partial charge in [-0.15, -0.1) is 0 Å². The van der Waals surface area contributed by atoms with Crippen molar-refractivity contribution in [2.24, 2.45) is 21.8 Å². The Bertz CT molecular complexity index is 3630. The minimum atomic E-state index is -0.539. The van der Waals surface area contributed by atoms with Crippen LogP contribution in [0.25, 0.3) is 22.3 Å². The van der Waals surface area contributed by atoms with Crippen LogP contribution in [-0.2, 0) is 55.1 Å². The predicted octanol–water partition coefficient (Wildman–Crippen LogP) is 8.77. The quantitative estimate of drug-likeness (QED) is 0.101. The Hall–Kier alpha value is -7.74. The van der Waals surface area contributed by atoms with Crippen molar-refractivity contribution in [3.63, 3.8) is 0 Å². The van der Waals surface area contributed by atoms with E-state index in [-0.39, 0.29) is 66.7 Å². The van der Waals surface area contributed by atoms with E-state index in [2.05, 4.69) is 59.2 Å². The van der Waals surface area contributed by atoms with Crippen molar-refractivity contribution in [1.29, 1.82) is 0 Å². The van der Waals surface area contributed by atoms with Gasteiger partial charge in [-0.3, -0.25) is 27.9 Å². The molecule has 18 heteroatoms. The largest absolute Gasteiger partial charge is 0.487 e. The second kappa shape index (κ2) is 20.3. The van der Waals surface area contributed by atoms with Crippen LogP contribution in [0.3, 0.4) is 0 Å². The normalized spacial score (nSPS) is 25.9. The van der Waals surface area contributed by atoms with Crippen LogP contribution in [0.4, 0.5) is 0 Å². The molecular weight excluding hydrogens is 977 g/mol. The average Bonchev–Trinajstić information content (AvgIpc) is 3.86. The van der Waals surface area contributed by atoms with Gasteiger partial charge in [0.05, 0.1) is 31.5 Å². The number of imidazole rings is 2. The third-order valence-corrected chi connectivity index (χ3v) is 16.1. The lowest BCUT2D eigenvalue weighted by Gasteiger charge is -2.38. The number of fused-ring (bicyclic) bond motifs is 7. The molecule has 4 bridgehead atoms. The van der Waals surface area contributed by atoms with Crippen molar-refractivity contribution >= 4 is 34.1 Å². The summed E-state index contributed by atoms with van der Waals surface area (Å²) in [6.45, 7) is 13.8. The highest BCUT2D eigenvalue weighted by Gasteiger charge is 2.76. The van der Waals surface area contributed by atoms with Gasteiger partial charge in [0.2, 0.25) is 0 Å². The maximum absolute atomic E-state index is 13.2. The lowest BCUT2D eigenvalue weighted by Crippen LogP contribution is -2.46. The highest BCUT2D eigenvalue weighted by atomic mass is 16.7. The fourth-order valence-electron chi connectivity index (χ4n) is 11.9. The number of hydrogen-bond donors (Lipinski definition) is 0. The van der Waals surface area contributed by atoms with E-state index < -0.39 is 11.8 Å². The molecule has 8 aromatic rings. The van der Waals surface area contributed by atoms with E-state index in [0.717, 1.165) is 36.8 Å². The number of carbonyl (C=O) groups excluding carboxylic acids is 2. The number of carbonyl (C=O) groups is 2. The summed E-state index contributed by atoms with van der Waals surface area (Å²) in [6, 6.07) is 37.8. The number of ether oxygens (including phenoxy) is 6. The SMILES string of the molecule is C=C1O[C@H]2C(C)[C@@]1(CC)O[C@H]2n1cnc2c(=NC(=O)c3ccccc3)n(COCc3ccccc3)cnc21.CC[C@]12O[C@@H](n3cnc4c(=NC(=O)c5ccccc5)n(COCc5ccccc5)cnc43)[C@@H](OC13CC3)C2C. The molecule has 2 amide bonds. The molecule has 4 saturated heterocycles. The summed E-state index contributed by atoms with van der Waals surface area (Å²) in [5, 5.41) is 0. The van der Waals surface area contributed by atoms with Gasteiger partial charge in [-0.05, 0) is 61.1 Å². The van der Waals surface area contributed by atoms with Gasteiger partial charge in [-0.1, -0.05) is 131 Å². The van der Waals surface area contributed by atoms with E-state index in [1.807, 2.05) is 106 Å². The van der Waals surface area contributed by atoms with Crippen molar-refractivity contribution in [2.45, 2.75) is 122 Å². The van der Waals surface area contributed by atoms with Crippen LogP contribution in [0.1, 0.15) is 97.7 Å². The molecule has 1 aliphatic carbocycles.